The number of hydrogen-bond donors (Lipinski definition) is 0. The molecule has 0 saturated heterocycles. The van der Waals surface area contributed by atoms with Gasteiger partial charge in [0.1, 0.15) is 4.29 Å². The van der Waals surface area contributed by atoms with E-state index in [9.17, 15) is 0 Å². The van der Waals surface area contributed by atoms with E-state index in [1.165, 1.54) is 5.54 Å². The minimum Gasteiger partial charge on any atom is -0.116 e. The van der Waals surface area contributed by atoms with Crippen LogP contribution in [0.4, 0.5) is 0 Å². The summed E-state index contributed by atoms with van der Waals surface area (Å²) in [4.78, 5) is -0.691. The molecule has 0 amide bonds. The summed E-state index contributed by atoms with van der Waals surface area (Å²) < 4.78 is -0.347. The Balaban J connectivity index is 4.60. The van der Waals surface area contributed by atoms with Gasteiger partial charge in [0.15, 0.2) is 0 Å². The van der Waals surface area contributed by atoms with Crippen molar-refractivity contribution in [2.75, 3.05) is 0 Å². The molecule has 0 N–H and O–H groups in total. The summed E-state index contributed by atoms with van der Waals surface area (Å²) in [5, 5.41) is -0.383. The van der Waals surface area contributed by atoms with E-state index in [0.29, 0.717) is 5.57 Å². The lowest BCUT2D eigenvalue weighted by molar-refractivity contribution is 0.801. The largest absolute Gasteiger partial charge is 0.116 e. The average molecular weight is 353 g/mol. The van der Waals surface area contributed by atoms with Gasteiger partial charge in [-0.2, -0.15) is 0 Å². The van der Waals surface area contributed by atoms with Crippen LogP contribution in [0.15, 0.2) is 35.9 Å². The van der Waals surface area contributed by atoms with E-state index in [2.05, 4.69) is 22.5 Å². The number of halogens is 5. The van der Waals surface area contributed by atoms with Crippen molar-refractivity contribution in [2.45, 2.75) is 21.5 Å². The Hall–Kier alpha value is 0.860. The molecular formula is C10H11BrCl4. The quantitative estimate of drug-likeness (QED) is 0.352. The van der Waals surface area contributed by atoms with Gasteiger partial charge >= 0.3 is 0 Å². The first-order chi connectivity index (χ1) is 6.85. The Morgan fingerprint density at radius 3 is 2.33 bits per heavy atom. The monoisotopic (exact) mass is 350 g/mol. The maximum Gasteiger partial charge on any atom is 0.114 e. The van der Waals surface area contributed by atoms with Crippen molar-refractivity contribution >= 4 is 62.3 Å². The summed E-state index contributed by atoms with van der Waals surface area (Å²) in [6, 6.07) is 0. The molecule has 0 aliphatic rings. The zero-order valence-electron chi connectivity index (χ0n) is 8.06. The minimum atomic E-state index is -0.691. The Labute approximate surface area is 119 Å². The summed E-state index contributed by atoms with van der Waals surface area (Å²) in [6.07, 6.45) is 5.04. The molecule has 0 spiro atoms. The SMILES string of the molecule is C=C[C@@](C)(Cl)[C@@H](Cl)/C=C/C(=C\Cl)[C@H](Cl)Br. The molecule has 0 bridgehead atoms. The second-order valence-electron chi connectivity index (χ2n) is 3.03. The van der Waals surface area contributed by atoms with E-state index < -0.39 is 4.87 Å². The van der Waals surface area contributed by atoms with Gasteiger partial charge in [-0.05, 0) is 12.5 Å². The lowest BCUT2D eigenvalue weighted by atomic mass is 10.1. The first kappa shape index (κ1) is 15.9. The van der Waals surface area contributed by atoms with Gasteiger partial charge in [-0.25, -0.2) is 0 Å². The smallest absolute Gasteiger partial charge is 0.114 e. The molecule has 0 fully saturated rings. The highest BCUT2D eigenvalue weighted by Crippen LogP contribution is 2.27. The molecule has 0 aromatic rings. The molecule has 0 aromatic heterocycles. The zero-order valence-corrected chi connectivity index (χ0v) is 12.7. The van der Waals surface area contributed by atoms with Crippen molar-refractivity contribution in [3.63, 3.8) is 0 Å². The van der Waals surface area contributed by atoms with Crippen LogP contribution in [0.2, 0.25) is 0 Å². The predicted octanol–water partition coefficient (Wildman–Crippen LogP) is 5.42. The third-order valence-electron chi connectivity index (χ3n) is 1.77. The first-order valence-corrected chi connectivity index (χ1v) is 6.68. The predicted molar refractivity (Wildman–Crippen MR) is 75.7 cm³/mol. The topological polar surface area (TPSA) is 0 Å². The molecule has 0 aliphatic heterocycles. The zero-order chi connectivity index (χ0) is 12.1. The summed E-state index contributed by atoms with van der Waals surface area (Å²) >= 11 is 26.7. The number of alkyl halides is 4. The molecule has 0 nitrogen and oxygen atoms in total. The minimum absolute atomic E-state index is 0.347. The van der Waals surface area contributed by atoms with Crippen LogP contribution in [0.3, 0.4) is 0 Å². The van der Waals surface area contributed by atoms with Crippen LogP contribution in [-0.4, -0.2) is 14.5 Å². The molecule has 0 heterocycles. The third-order valence-corrected chi connectivity index (χ3v) is 3.91. The van der Waals surface area contributed by atoms with Gasteiger partial charge in [-0.15, -0.1) is 41.4 Å². The van der Waals surface area contributed by atoms with Gasteiger partial charge in [0.25, 0.3) is 0 Å². The van der Waals surface area contributed by atoms with Gasteiger partial charge in [0.2, 0.25) is 0 Å². The number of hydrogen-bond acceptors (Lipinski definition) is 0. The normalized spacial score (nSPS) is 21.1. The molecule has 3 atom stereocenters. The van der Waals surface area contributed by atoms with E-state index in [0.717, 1.165) is 0 Å². The summed E-state index contributed by atoms with van der Waals surface area (Å²) in [5.74, 6) is 0. The summed E-state index contributed by atoms with van der Waals surface area (Å²) in [5.41, 5.74) is 2.09. The Bertz CT molecular complexity index is 269. The van der Waals surface area contributed by atoms with Gasteiger partial charge in [-0.3, -0.25) is 0 Å². The van der Waals surface area contributed by atoms with Crippen LogP contribution in [0.5, 0.6) is 0 Å². The van der Waals surface area contributed by atoms with E-state index in [4.69, 9.17) is 46.4 Å². The molecule has 0 unspecified atom stereocenters. The van der Waals surface area contributed by atoms with Crippen molar-refractivity contribution in [3.8, 4) is 0 Å². The number of allylic oxidation sites excluding steroid dienone is 4. The molecule has 15 heavy (non-hydrogen) atoms. The molecule has 0 aromatic carbocycles. The van der Waals surface area contributed by atoms with Crippen molar-refractivity contribution in [1.29, 1.82) is 0 Å². The van der Waals surface area contributed by atoms with Gasteiger partial charge < -0.3 is 0 Å². The van der Waals surface area contributed by atoms with Crippen LogP contribution in [0.25, 0.3) is 0 Å². The van der Waals surface area contributed by atoms with Crippen LogP contribution < -0.4 is 0 Å². The van der Waals surface area contributed by atoms with Crippen molar-refractivity contribution in [1.82, 2.24) is 0 Å². The van der Waals surface area contributed by atoms with Crippen LogP contribution in [-0.2, 0) is 0 Å². The lowest BCUT2D eigenvalue weighted by Crippen LogP contribution is -2.24. The van der Waals surface area contributed by atoms with Crippen molar-refractivity contribution < 1.29 is 0 Å². The van der Waals surface area contributed by atoms with E-state index in [-0.39, 0.29) is 9.66 Å². The summed E-state index contributed by atoms with van der Waals surface area (Å²) in [6.45, 7) is 5.39. The van der Waals surface area contributed by atoms with Gasteiger partial charge in [0.05, 0.1) is 10.3 Å². The fraction of sp³-hybridized carbons (Fsp3) is 0.400. The van der Waals surface area contributed by atoms with Crippen molar-refractivity contribution in [2.24, 2.45) is 0 Å². The maximum absolute atomic E-state index is 6.08. The highest BCUT2D eigenvalue weighted by molar-refractivity contribution is 9.10. The molecular weight excluding hydrogens is 342 g/mol. The Morgan fingerprint density at radius 1 is 1.47 bits per heavy atom. The molecule has 0 saturated carbocycles. The second-order valence-corrected chi connectivity index (χ2v) is 6.41. The van der Waals surface area contributed by atoms with E-state index in [1.54, 1.807) is 25.2 Å². The van der Waals surface area contributed by atoms with Gasteiger partial charge in [0, 0.05) is 5.54 Å². The van der Waals surface area contributed by atoms with E-state index >= 15 is 0 Å². The van der Waals surface area contributed by atoms with Crippen molar-refractivity contribution in [3.05, 3.63) is 35.9 Å². The van der Waals surface area contributed by atoms with Gasteiger partial charge in [-0.1, -0.05) is 45.8 Å². The third kappa shape index (κ3) is 5.65. The molecule has 86 valence electrons. The molecule has 0 radical (unpaired) electrons. The lowest BCUT2D eigenvalue weighted by Gasteiger charge is -2.20. The first-order valence-electron chi connectivity index (χ1n) is 4.08. The van der Waals surface area contributed by atoms with E-state index in [1.807, 2.05) is 0 Å². The number of rotatable bonds is 5. The Kier molecular flexibility index (Phi) is 7.65. The van der Waals surface area contributed by atoms with Crippen LogP contribution in [0.1, 0.15) is 6.92 Å². The highest BCUT2D eigenvalue weighted by atomic mass is 79.9. The fourth-order valence-electron chi connectivity index (χ4n) is 0.653. The maximum atomic E-state index is 6.08. The molecule has 5 heteroatoms. The standard InChI is InChI=1S/C10H11BrCl4/c1-3-10(2,15)8(13)5-4-7(6-12)9(11)14/h3-6,8-9H,1H2,2H3/b5-4+,7-6+/t8-,9-,10+/m0/s1. The second kappa shape index (κ2) is 7.24. The average Bonchev–Trinajstić information content (AvgIpc) is 2.17. The Morgan fingerprint density at radius 2 is 2.00 bits per heavy atom. The van der Waals surface area contributed by atoms with Crippen LogP contribution in [0, 0.1) is 0 Å². The highest BCUT2D eigenvalue weighted by Gasteiger charge is 2.24. The summed E-state index contributed by atoms with van der Waals surface area (Å²) in [7, 11) is 0. The fourth-order valence-corrected chi connectivity index (χ4v) is 1.72. The molecule has 0 aliphatic carbocycles. The van der Waals surface area contributed by atoms with Crippen LogP contribution >= 0.6 is 62.3 Å². The molecule has 0 rings (SSSR count).